The van der Waals surface area contributed by atoms with E-state index in [1.54, 1.807) is 4.68 Å². The first-order valence-corrected chi connectivity index (χ1v) is 10.1. The first-order valence-electron chi connectivity index (χ1n) is 8.71. The summed E-state index contributed by atoms with van der Waals surface area (Å²) in [7, 11) is 0. The lowest BCUT2D eigenvalue weighted by Crippen LogP contribution is -2.33. The SMILES string of the molecule is O=C(c1cccc(-n2cnnn2)c1)N1CCSC(c2ccccc2Cl)CC1. The summed E-state index contributed by atoms with van der Waals surface area (Å²) in [6.45, 7) is 1.43. The maximum absolute atomic E-state index is 13.0. The van der Waals surface area contributed by atoms with Crippen LogP contribution in [0.25, 0.3) is 5.69 Å². The monoisotopic (exact) mass is 399 g/mol. The molecule has 1 aliphatic heterocycles. The number of benzene rings is 2. The number of tetrazole rings is 1. The summed E-state index contributed by atoms with van der Waals surface area (Å²) in [6, 6.07) is 15.3. The van der Waals surface area contributed by atoms with Gasteiger partial charge >= 0.3 is 0 Å². The van der Waals surface area contributed by atoms with Crippen LogP contribution in [0.1, 0.15) is 27.6 Å². The van der Waals surface area contributed by atoms with Crippen LogP contribution in [-0.2, 0) is 0 Å². The van der Waals surface area contributed by atoms with Crippen LogP contribution in [0.4, 0.5) is 0 Å². The summed E-state index contributed by atoms with van der Waals surface area (Å²) < 4.78 is 1.54. The van der Waals surface area contributed by atoms with E-state index in [0.717, 1.165) is 35.0 Å². The maximum atomic E-state index is 13.0. The number of carbonyl (C=O) groups is 1. The number of rotatable bonds is 3. The number of thioether (sulfide) groups is 1. The minimum Gasteiger partial charge on any atom is -0.338 e. The van der Waals surface area contributed by atoms with Crippen LogP contribution in [0, 0.1) is 0 Å². The Bertz CT molecular complexity index is 933. The molecule has 1 aliphatic rings. The van der Waals surface area contributed by atoms with Crippen molar-refractivity contribution in [3.05, 3.63) is 71.0 Å². The second-order valence-corrected chi connectivity index (χ2v) is 7.98. The van der Waals surface area contributed by atoms with E-state index in [9.17, 15) is 4.79 Å². The molecule has 1 aromatic heterocycles. The van der Waals surface area contributed by atoms with Gasteiger partial charge in [-0.1, -0.05) is 35.9 Å². The number of hydrogen-bond donors (Lipinski definition) is 0. The van der Waals surface area contributed by atoms with Crippen LogP contribution in [0.5, 0.6) is 0 Å². The molecule has 138 valence electrons. The van der Waals surface area contributed by atoms with E-state index >= 15 is 0 Å². The van der Waals surface area contributed by atoms with Gasteiger partial charge in [-0.3, -0.25) is 4.79 Å². The molecule has 0 spiro atoms. The quantitative estimate of drug-likeness (QED) is 0.672. The van der Waals surface area contributed by atoms with E-state index in [4.69, 9.17) is 11.6 Å². The van der Waals surface area contributed by atoms with Gasteiger partial charge in [-0.25, -0.2) is 4.68 Å². The topological polar surface area (TPSA) is 63.9 Å². The molecule has 6 nitrogen and oxygen atoms in total. The molecule has 0 N–H and O–H groups in total. The molecular formula is C19H18ClN5OS. The van der Waals surface area contributed by atoms with E-state index in [1.165, 1.54) is 6.33 Å². The van der Waals surface area contributed by atoms with Crippen molar-refractivity contribution in [2.45, 2.75) is 11.7 Å². The Morgan fingerprint density at radius 1 is 1.15 bits per heavy atom. The number of aromatic nitrogens is 4. The molecule has 2 aromatic carbocycles. The molecule has 8 heteroatoms. The summed E-state index contributed by atoms with van der Waals surface area (Å²) in [6.07, 6.45) is 2.40. The zero-order chi connectivity index (χ0) is 18.6. The Hall–Kier alpha value is -2.38. The average molecular weight is 400 g/mol. The lowest BCUT2D eigenvalue weighted by molar-refractivity contribution is 0.0766. The second kappa shape index (κ2) is 8.10. The Labute approximate surface area is 166 Å². The molecular weight excluding hydrogens is 382 g/mol. The molecule has 0 bridgehead atoms. The minimum absolute atomic E-state index is 0.0327. The second-order valence-electron chi connectivity index (χ2n) is 6.27. The molecule has 0 radical (unpaired) electrons. The summed E-state index contributed by atoms with van der Waals surface area (Å²) in [5.41, 5.74) is 2.56. The van der Waals surface area contributed by atoms with E-state index in [1.807, 2.05) is 59.1 Å². The third-order valence-electron chi connectivity index (χ3n) is 4.59. The van der Waals surface area contributed by atoms with Crippen molar-refractivity contribution in [1.82, 2.24) is 25.1 Å². The van der Waals surface area contributed by atoms with Gasteiger partial charge < -0.3 is 4.90 Å². The van der Waals surface area contributed by atoms with Gasteiger partial charge in [0.15, 0.2) is 0 Å². The highest BCUT2D eigenvalue weighted by molar-refractivity contribution is 7.99. The van der Waals surface area contributed by atoms with Gasteiger partial charge in [0, 0.05) is 34.7 Å². The number of halogens is 1. The highest BCUT2D eigenvalue weighted by Crippen LogP contribution is 2.38. The molecule has 1 amide bonds. The Kier molecular flexibility index (Phi) is 5.40. The fourth-order valence-electron chi connectivity index (χ4n) is 3.20. The van der Waals surface area contributed by atoms with Gasteiger partial charge in [0.2, 0.25) is 0 Å². The van der Waals surface area contributed by atoms with E-state index < -0.39 is 0 Å². The number of carbonyl (C=O) groups excluding carboxylic acids is 1. The predicted molar refractivity (Wildman–Crippen MR) is 106 cm³/mol. The minimum atomic E-state index is 0.0327. The number of hydrogen-bond acceptors (Lipinski definition) is 5. The fourth-order valence-corrected chi connectivity index (χ4v) is 4.80. The Morgan fingerprint density at radius 2 is 2.04 bits per heavy atom. The highest BCUT2D eigenvalue weighted by Gasteiger charge is 2.24. The van der Waals surface area contributed by atoms with Crippen LogP contribution in [0.15, 0.2) is 54.9 Å². The zero-order valence-corrected chi connectivity index (χ0v) is 16.1. The highest BCUT2D eigenvalue weighted by atomic mass is 35.5. The summed E-state index contributed by atoms with van der Waals surface area (Å²) in [5.74, 6) is 0.916. The van der Waals surface area contributed by atoms with E-state index in [0.29, 0.717) is 17.4 Å². The molecule has 0 aliphatic carbocycles. The molecule has 1 fully saturated rings. The normalized spacial score (nSPS) is 17.5. The maximum Gasteiger partial charge on any atom is 0.253 e. The Morgan fingerprint density at radius 3 is 2.85 bits per heavy atom. The molecule has 1 unspecified atom stereocenters. The van der Waals surface area contributed by atoms with Gasteiger partial charge in [0.05, 0.1) is 5.69 Å². The molecule has 1 atom stereocenters. The largest absolute Gasteiger partial charge is 0.338 e. The van der Waals surface area contributed by atoms with Crippen LogP contribution in [0.3, 0.4) is 0 Å². The van der Waals surface area contributed by atoms with Crippen molar-refractivity contribution in [2.24, 2.45) is 0 Å². The molecule has 1 saturated heterocycles. The van der Waals surface area contributed by atoms with Crippen molar-refractivity contribution in [3.8, 4) is 5.69 Å². The fraction of sp³-hybridized carbons (Fsp3) is 0.263. The zero-order valence-electron chi connectivity index (χ0n) is 14.5. The number of nitrogens with zero attached hydrogens (tertiary/aromatic N) is 5. The standard InChI is InChI=1S/C19H18ClN5OS/c20-17-7-2-1-6-16(17)18-8-9-24(10-11-27-18)19(26)14-4-3-5-15(12-14)25-13-21-22-23-25/h1-7,12-13,18H,8-11H2. The van der Waals surface area contributed by atoms with Crippen LogP contribution >= 0.6 is 23.4 Å². The molecule has 4 rings (SSSR count). The summed E-state index contributed by atoms with van der Waals surface area (Å²) in [5, 5.41) is 12.3. The van der Waals surface area contributed by atoms with Gasteiger partial charge in [0.1, 0.15) is 6.33 Å². The third kappa shape index (κ3) is 3.99. The van der Waals surface area contributed by atoms with Gasteiger partial charge in [-0.05, 0) is 46.7 Å². The van der Waals surface area contributed by atoms with Gasteiger partial charge in [-0.15, -0.1) is 5.10 Å². The first kappa shape index (κ1) is 18.0. The van der Waals surface area contributed by atoms with Crippen molar-refractivity contribution in [3.63, 3.8) is 0 Å². The summed E-state index contributed by atoms with van der Waals surface area (Å²) >= 11 is 8.22. The lowest BCUT2D eigenvalue weighted by Gasteiger charge is -2.21. The molecule has 0 saturated carbocycles. The van der Waals surface area contributed by atoms with Crippen LogP contribution in [0.2, 0.25) is 5.02 Å². The third-order valence-corrected chi connectivity index (χ3v) is 6.24. The molecule has 2 heterocycles. The van der Waals surface area contributed by atoms with Crippen molar-refractivity contribution < 1.29 is 4.79 Å². The van der Waals surface area contributed by atoms with Crippen molar-refractivity contribution in [2.75, 3.05) is 18.8 Å². The number of amides is 1. The summed E-state index contributed by atoms with van der Waals surface area (Å²) in [4.78, 5) is 14.9. The van der Waals surface area contributed by atoms with E-state index in [-0.39, 0.29) is 5.91 Å². The van der Waals surface area contributed by atoms with Crippen molar-refractivity contribution in [1.29, 1.82) is 0 Å². The predicted octanol–water partition coefficient (Wildman–Crippen LogP) is 3.64. The molecule has 3 aromatic rings. The lowest BCUT2D eigenvalue weighted by atomic mass is 10.1. The van der Waals surface area contributed by atoms with Crippen molar-refractivity contribution >= 4 is 29.3 Å². The van der Waals surface area contributed by atoms with Gasteiger partial charge in [-0.2, -0.15) is 11.8 Å². The van der Waals surface area contributed by atoms with Crippen LogP contribution in [-0.4, -0.2) is 49.9 Å². The van der Waals surface area contributed by atoms with Crippen LogP contribution < -0.4 is 0 Å². The van der Waals surface area contributed by atoms with Gasteiger partial charge in [0.25, 0.3) is 5.91 Å². The average Bonchev–Trinajstić information content (AvgIpc) is 3.13. The first-order chi connectivity index (χ1) is 13.2. The Balaban J connectivity index is 1.49. The molecule has 27 heavy (non-hydrogen) atoms. The van der Waals surface area contributed by atoms with E-state index in [2.05, 4.69) is 21.6 Å². The smallest absolute Gasteiger partial charge is 0.253 e.